The maximum atomic E-state index is 12.4. The monoisotopic (exact) mass is 500 g/mol. The number of amides is 1. The molecule has 1 unspecified atom stereocenters. The number of nitrogens with one attached hydrogen (secondary N) is 1. The molecule has 0 spiro atoms. The minimum Gasteiger partial charge on any atom is -0.469 e. The highest BCUT2D eigenvalue weighted by atomic mass is 16.5. The molecule has 0 aliphatic heterocycles. The summed E-state index contributed by atoms with van der Waals surface area (Å²) in [5.74, 6) is 6.25. The normalized spacial score (nSPS) is 21.3. The van der Waals surface area contributed by atoms with E-state index in [2.05, 4.69) is 32.1 Å². The Kier molecular flexibility index (Phi) is 8.35. The number of fused-ring (bicyclic) bond motifs is 1. The first-order valence-electron chi connectivity index (χ1n) is 12.2. The molecule has 0 bridgehead atoms. The van der Waals surface area contributed by atoms with Gasteiger partial charge in [0.05, 0.1) is 26.0 Å². The largest absolute Gasteiger partial charge is 0.469 e. The Hall–Kier alpha value is -3.27. The van der Waals surface area contributed by atoms with Gasteiger partial charge in [-0.05, 0) is 50.4 Å². The summed E-state index contributed by atoms with van der Waals surface area (Å²) in [4.78, 5) is 37.0. The highest BCUT2D eigenvalue weighted by molar-refractivity contribution is 5.82. The van der Waals surface area contributed by atoms with E-state index in [4.69, 9.17) is 15.2 Å². The molecule has 2 heterocycles. The average molecular weight is 501 g/mol. The molecule has 2 fully saturated rings. The van der Waals surface area contributed by atoms with E-state index in [0.29, 0.717) is 23.5 Å². The third-order valence-electron chi connectivity index (χ3n) is 6.57. The Balaban J connectivity index is 1.40. The van der Waals surface area contributed by atoms with Crippen LogP contribution in [0.15, 0.2) is 6.33 Å². The van der Waals surface area contributed by atoms with E-state index < -0.39 is 24.7 Å². The van der Waals surface area contributed by atoms with Crippen molar-refractivity contribution in [2.45, 2.75) is 69.9 Å². The van der Waals surface area contributed by atoms with E-state index in [1.54, 1.807) is 0 Å². The van der Waals surface area contributed by atoms with Crippen LogP contribution in [0.4, 0.5) is 5.82 Å². The van der Waals surface area contributed by atoms with Crippen molar-refractivity contribution in [3.63, 3.8) is 0 Å². The lowest BCUT2D eigenvalue weighted by Gasteiger charge is -2.25. The van der Waals surface area contributed by atoms with Gasteiger partial charge in [0, 0.05) is 12.5 Å². The molecule has 12 heteroatoms. The zero-order valence-electron chi connectivity index (χ0n) is 20.2. The number of esters is 1. The van der Waals surface area contributed by atoms with Gasteiger partial charge in [-0.3, -0.25) is 14.2 Å². The fraction of sp³-hybridized carbons (Fsp3) is 0.625. The van der Waals surface area contributed by atoms with Crippen LogP contribution in [0.3, 0.4) is 0 Å². The smallest absolute Gasteiger partial charge is 0.308 e. The highest BCUT2D eigenvalue weighted by Crippen LogP contribution is 2.31. The van der Waals surface area contributed by atoms with Crippen molar-refractivity contribution in [1.29, 1.82) is 0 Å². The number of hydrogen-bond donors (Lipinski definition) is 4. The van der Waals surface area contributed by atoms with Crippen LogP contribution >= 0.6 is 0 Å². The molecule has 2 aromatic heterocycles. The van der Waals surface area contributed by atoms with Crippen molar-refractivity contribution in [2.75, 3.05) is 19.5 Å². The Morgan fingerprint density at radius 2 is 2.00 bits per heavy atom. The molecule has 0 saturated heterocycles. The molecule has 36 heavy (non-hydrogen) atoms. The number of nitrogens with zero attached hydrogens (tertiary/aromatic N) is 4. The molecule has 4 rings (SSSR count). The van der Waals surface area contributed by atoms with E-state index in [9.17, 15) is 19.8 Å². The van der Waals surface area contributed by atoms with Crippen molar-refractivity contribution >= 4 is 28.9 Å². The van der Waals surface area contributed by atoms with Crippen LogP contribution in [-0.4, -0.2) is 73.6 Å². The van der Waals surface area contributed by atoms with Gasteiger partial charge >= 0.3 is 5.97 Å². The fourth-order valence-electron chi connectivity index (χ4n) is 4.29. The van der Waals surface area contributed by atoms with E-state index in [0.717, 1.165) is 38.5 Å². The minimum atomic E-state index is -1.37. The summed E-state index contributed by atoms with van der Waals surface area (Å²) in [6.07, 6.45) is 4.69. The average Bonchev–Trinajstić information content (AvgIpc) is 3.60. The van der Waals surface area contributed by atoms with Crippen LogP contribution in [0.1, 0.15) is 50.8 Å². The number of carbonyl (C=O) groups is 2. The van der Waals surface area contributed by atoms with Gasteiger partial charge in [0.2, 0.25) is 5.82 Å². The van der Waals surface area contributed by atoms with Crippen LogP contribution in [-0.2, 0) is 25.8 Å². The van der Waals surface area contributed by atoms with Gasteiger partial charge in [0.1, 0.15) is 18.4 Å². The summed E-state index contributed by atoms with van der Waals surface area (Å²) in [7, 11) is 1.42. The quantitative estimate of drug-likeness (QED) is 0.273. The molecule has 0 radical (unpaired) electrons. The van der Waals surface area contributed by atoms with E-state index in [1.807, 2.05) is 0 Å². The Labute approximate surface area is 208 Å². The van der Waals surface area contributed by atoms with Gasteiger partial charge < -0.3 is 30.7 Å². The van der Waals surface area contributed by atoms with Crippen molar-refractivity contribution in [3.05, 3.63) is 12.2 Å². The second-order valence-corrected chi connectivity index (χ2v) is 9.31. The lowest BCUT2D eigenvalue weighted by molar-refractivity contribution is -0.148. The zero-order chi connectivity index (χ0) is 25.7. The summed E-state index contributed by atoms with van der Waals surface area (Å²) in [6, 6.07) is 0.0835. The lowest BCUT2D eigenvalue weighted by atomic mass is 9.81. The van der Waals surface area contributed by atoms with Crippen molar-refractivity contribution < 1.29 is 29.3 Å². The molecule has 2 atom stereocenters. The van der Waals surface area contributed by atoms with Gasteiger partial charge in [0.25, 0.3) is 5.91 Å². The first-order chi connectivity index (χ1) is 17.4. The lowest BCUT2D eigenvalue weighted by Crippen LogP contribution is -2.46. The summed E-state index contributed by atoms with van der Waals surface area (Å²) < 4.78 is 12.0. The highest BCUT2D eigenvalue weighted by Gasteiger charge is 2.32. The van der Waals surface area contributed by atoms with Crippen LogP contribution < -0.4 is 11.1 Å². The molecule has 2 aliphatic rings. The third-order valence-corrected chi connectivity index (χ3v) is 6.57. The molecular formula is C24H32N6O6. The van der Waals surface area contributed by atoms with E-state index in [1.165, 1.54) is 18.0 Å². The second kappa shape index (κ2) is 11.6. The third kappa shape index (κ3) is 6.29. The number of imidazole rings is 1. The molecule has 194 valence electrons. The predicted molar refractivity (Wildman–Crippen MR) is 128 cm³/mol. The molecule has 1 amide bonds. The van der Waals surface area contributed by atoms with Crippen molar-refractivity contribution in [2.24, 2.45) is 11.8 Å². The summed E-state index contributed by atoms with van der Waals surface area (Å²) in [5, 5.41) is 22.2. The van der Waals surface area contributed by atoms with Gasteiger partial charge in [-0.15, -0.1) is 0 Å². The van der Waals surface area contributed by atoms with Crippen LogP contribution in [0, 0.1) is 23.7 Å². The number of anilines is 1. The number of aromatic nitrogens is 4. The number of nitrogen functional groups attached to an aromatic ring is 1. The molecule has 2 aliphatic carbocycles. The van der Waals surface area contributed by atoms with Crippen molar-refractivity contribution in [3.8, 4) is 11.8 Å². The number of rotatable bonds is 9. The van der Waals surface area contributed by atoms with Gasteiger partial charge in [-0.1, -0.05) is 5.92 Å². The van der Waals surface area contributed by atoms with Gasteiger partial charge in [0.15, 0.2) is 17.6 Å². The van der Waals surface area contributed by atoms with Gasteiger partial charge in [-0.2, -0.15) is 0 Å². The number of aliphatic hydroxyl groups excluding tert-OH is 2. The fourth-order valence-corrected chi connectivity index (χ4v) is 4.29. The standard InChI is InChI=1S/C24H32N6O6/c1-35-24(34)15-7-5-14(6-8-15)3-2-4-18-28-21(25)19-22(29-18)30(12-26-19)13-36-20(17(32)11-31)23(33)27-16-9-10-16/h12,14-17,20,31-32H,3,5-11,13H2,1H3,(H,27,33)(H2,25,28,29)/t14?,15?,17?,20-/m0/s1. The SMILES string of the molecule is COC(=O)C1CCC(CC#Cc2nc(N)c3ncn(CO[C@H](C(=O)NC4CC4)C(O)CO)c3n2)CC1. The van der Waals surface area contributed by atoms with Crippen LogP contribution in [0.2, 0.25) is 0 Å². The topological polar surface area (TPSA) is 175 Å². The summed E-state index contributed by atoms with van der Waals surface area (Å²) >= 11 is 0. The maximum Gasteiger partial charge on any atom is 0.308 e. The molecule has 0 aromatic carbocycles. The number of ether oxygens (including phenoxy) is 2. The Morgan fingerprint density at radius 1 is 1.25 bits per heavy atom. The van der Waals surface area contributed by atoms with Crippen LogP contribution in [0.25, 0.3) is 11.2 Å². The molecular weight excluding hydrogens is 468 g/mol. The number of nitrogens with two attached hydrogens (primary N) is 1. The predicted octanol–water partition coefficient (Wildman–Crippen LogP) is 0.104. The van der Waals surface area contributed by atoms with Crippen molar-refractivity contribution in [1.82, 2.24) is 24.8 Å². The molecule has 12 nitrogen and oxygen atoms in total. The second-order valence-electron chi connectivity index (χ2n) is 9.31. The number of hydrogen-bond acceptors (Lipinski definition) is 10. The van der Waals surface area contributed by atoms with E-state index in [-0.39, 0.29) is 36.3 Å². The van der Waals surface area contributed by atoms with E-state index >= 15 is 0 Å². The summed E-state index contributed by atoms with van der Waals surface area (Å²) in [5.41, 5.74) is 6.81. The Bertz CT molecular complexity index is 1150. The first kappa shape index (κ1) is 25.8. The molecule has 2 aromatic rings. The molecule has 5 N–H and O–H groups in total. The first-order valence-corrected chi connectivity index (χ1v) is 12.2. The number of carbonyl (C=O) groups excluding carboxylic acids is 2. The minimum absolute atomic E-state index is 0.0230. The number of aliphatic hydroxyl groups is 2. The zero-order valence-corrected chi connectivity index (χ0v) is 20.2. The molecule has 2 saturated carbocycles. The number of methoxy groups -OCH3 is 1. The summed E-state index contributed by atoms with van der Waals surface area (Å²) in [6.45, 7) is -0.768. The van der Waals surface area contributed by atoms with Gasteiger partial charge in [-0.25, -0.2) is 15.0 Å². The Morgan fingerprint density at radius 3 is 2.67 bits per heavy atom. The van der Waals surface area contributed by atoms with Crippen LogP contribution in [0.5, 0.6) is 0 Å². The maximum absolute atomic E-state index is 12.4.